The van der Waals surface area contributed by atoms with Crippen molar-refractivity contribution in [1.29, 1.82) is 0 Å². The molecule has 15 heavy (non-hydrogen) atoms. The van der Waals surface area contributed by atoms with Crippen LogP contribution in [0.1, 0.15) is 6.42 Å². The lowest BCUT2D eigenvalue weighted by Crippen LogP contribution is -2.34. The molecule has 0 aromatic heterocycles. The van der Waals surface area contributed by atoms with Crippen LogP contribution in [0.4, 0.5) is 0 Å². The summed E-state index contributed by atoms with van der Waals surface area (Å²) in [5.74, 6) is -0.782. The summed E-state index contributed by atoms with van der Waals surface area (Å²) in [5, 5.41) is 8.70. The lowest BCUT2D eigenvalue weighted by atomic mass is 10.3. The molecule has 0 heterocycles. The average Bonchev–Trinajstić information content (AvgIpc) is 2.12. The van der Waals surface area contributed by atoms with E-state index in [1.807, 2.05) is 19.0 Å². The summed E-state index contributed by atoms with van der Waals surface area (Å²) in [6.07, 6.45) is 0.976. The Kier molecular flexibility index (Phi) is 8.27. The van der Waals surface area contributed by atoms with E-state index in [0.29, 0.717) is 13.2 Å². The first-order valence-corrected chi connectivity index (χ1v) is 5.14. The van der Waals surface area contributed by atoms with Gasteiger partial charge in [0, 0.05) is 20.2 Å². The zero-order valence-corrected chi connectivity index (χ0v) is 9.90. The summed E-state index contributed by atoms with van der Waals surface area (Å²) < 4.78 is 4.94. The van der Waals surface area contributed by atoms with Crippen LogP contribution in [0.25, 0.3) is 0 Å². The third-order valence-electron chi connectivity index (χ3n) is 2.05. The van der Waals surface area contributed by atoms with Crippen LogP contribution in [0.2, 0.25) is 0 Å². The van der Waals surface area contributed by atoms with Crippen molar-refractivity contribution >= 4 is 5.97 Å². The Labute approximate surface area is 91.6 Å². The number of hydrogen-bond acceptors (Lipinski definition) is 4. The molecule has 0 spiro atoms. The molecule has 0 rings (SSSR count). The van der Waals surface area contributed by atoms with Gasteiger partial charge in [0.05, 0.1) is 13.2 Å². The summed E-state index contributed by atoms with van der Waals surface area (Å²) in [6, 6.07) is 0. The van der Waals surface area contributed by atoms with Gasteiger partial charge in [-0.15, -0.1) is 0 Å². The van der Waals surface area contributed by atoms with Crippen LogP contribution >= 0.6 is 0 Å². The molecule has 0 aliphatic rings. The first-order chi connectivity index (χ1) is 7.06. The number of carboxylic acids is 1. The zero-order chi connectivity index (χ0) is 11.7. The number of ether oxygens (including phenoxy) is 1. The van der Waals surface area contributed by atoms with Gasteiger partial charge in [0.25, 0.3) is 0 Å². The predicted molar refractivity (Wildman–Crippen MR) is 59.1 cm³/mol. The van der Waals surface area contributed by atoms with E-state index in [9.17, 15) is 4.79 Å². The van der Waals surface area contributed by atoms with Gasteiger partial charge in [-0.25, -0.2) is 0 Å². The summed E-state index contributed by atoms with van der Waals surface area (Å²) in [5.41, 5.74) is 0. The van der Waals surface area contributed by atoms with Crippen molar-refractivity contribution < 1.29 is 14.6 Å². The molecule has 90 valence electrons. The van der Waals surface area contributed by atoms with Gasteiger partial charge < -0.3 is 14.7 Å². The van der Waals surface area contributed by atoms with E-state index in [4.69, 9.17) is 9.84 Å². The highest BCUT2D eigenvalue weighted by atomic mass is 16.5. The Bertz CT molecular complexity index is 174. The summed E-state index contributed by atoms with van der Waals surface area (Å²) in [4.78, 5) is 14.6. The number of aliphatic carboxylic acids is 1. The van der Waals surface area contributed by atoms with Gasteiger partial charge in [0.2, 0.25) is 0 Å². The largest absolute Gasteiger partial charge is 0.480 e. The van der Waals surface area contributed by atoms with E-state index in [-0.39, 0.29) is 6.54 Å². The number of rotatable bonds is 9. The Morgan fingerprint density at radius 1 is 1.27 bits per heavy atom. The monoisotopic (exact) mass is 218 g/mol. The molecule has 0 aromatic carbocycles. The molecule has 0 atom stereocenters. The lowest BCUT2D eigenvalue weighted by molar-refractivity contribution is -0.138. The van der Waals surface area contributed by atoms with E-state index in [0.717, 1.165) is 19.5 Å². The molecule has 0 aromatic rings. The highest BCUT2D eigenvalue weighted by molar-refractivity contribution is 5.69. The Morgan fingerprint density at radius 2 is 1.93 bits per heavy atom. The molecule has 5 nitrogen and oxygen atoms in total. The van der Waals surface area contributed by atoms with Crippen molar-refractivity contribution in [1.82, 2.24) is 9.80 Å². The molecular weight excluding hydrogens is 196 g/mol. The van der Waals surface area contributed by atoms with Crippen molar-refractivity contribution in [3.05, 3.63) is 0 Å². The predicted octanol–water partition coefficient (Wildman–Crippen LogP) is -0.0289. The second kappa shape index (κ2) is 8.64. The molecule has 0 saturated carbocycles. The van der Waals surface area contributed by atoms with E-state index in [1.54, 1.807) is 7.11 Å². The quantitative estimate of drug-likeness (QED) is 0.589. The molecule has 0 bridgehead atoms. The Hall–Kier alpha value is -0.650. The standard InChI is InChI=1S/C10H22N2O3/c1-11(2)5-4-6-12(7-8-15-3)9-10(13)14/h4-9H2,1-3H3,(H,13,14). The molecule has 0 fully saturated rings. The molecule has 0 saturated heterocycles. The van der Waals surface area contributed by atoms with Gasteiger partial charge in [-0.05, 0) is 27.1 Å². The SMILES string of the molecule is COCCN(CCCN(C)C)CC(=O)O. The highest BCUT2D eigenvalue weighted by Gasteiger charge is 2.08. The lowest BCUT2D eigenvalue weighted by Gasteiger charge is -2.20. The first-order valence-electron chi connectivity index (χ1n) is 5.14. The van der Waals surface area contributed by atoms with Crippen molar-refractivity contribution in [3.63, 3.8) is 0 Å². The van der Waals surface area contributed by atoms with Crippen LogP contribution < -0.4 is 0 Å². The van der Waals surface area contributed by atoms with Crippen molar-refractivity contribution in [2.75, 3.05) is 54.0 Å². The number of methoxy groups -OCH3 is 1. The molecule has 0 unspecified atom stereocenters. The van der Waals surface area contributed by atoms with Gasteiger partial charge in [0.15, 0.2) is 0 Å². The smallest absolute Gasteiger partial charge is 0.317 e. The summed E-state index contributed by atoms with van der Waals surface area (Å²) in [7, 11) is 5.64. The fourth-order valence-electron chi connectivity index (χ4n) is 1.29. The number of carboxylic acid groups (broad SMARTS) is 1. The van der Waals surface area contributed by atoms with E-state index < -0.39 is 5.97 Å². The molecule has 0 radical (unpaired) electrons. The van der Waals surface area contributed by atoms with Crippen LogP contribution in [0.5, 0.6) is 0 Å². The minimum atomic E-state index is -0.782. The third kappa shape index (κ3) is 9.65. The van der Waals surface area contributed by atoms with Gasteiger partial charge in [-0.3, -0.25) is 9.69 Å². The summed E-state index contributed by atoms with van der Waals surface area (Å²) >= 11 is 0. The molecule has 0 aliphatic carbocycles. The van der Waals surface area contributed by atoms with E-state index in [2.05, 4.69) is 4.90 Å². The fraction of sp³-hybridized carbons (Fsp3) is 0.900. The first kappa shape index (κ1) is 14.3. The third-order valence-corrected chi connectivity index (χ3v) is 2.05. The Balaban J connectivity index is 3.73. The molecule has 0 aliphatic heterocycles. The average molecular weight is 218 g/mol. The fourth-order valence-corrected chi connectivity index (χ4v) is 1.29. The second-order valence-corrected chi connectivity index (χ2v) is 3.82. The van der Waals surface area contributed by atoms with Crippen molar-refractivity contribution in [2.45, 2.75) is 6.42 Å². The molecule has 5 heteroatoms. The van der Waals surface area contributed by atoms with Gasteiger partial charge in [-0.2, -0.15) is 0 Å². The van der Waals surface area contributed by atoms with E-state index >= 15 is 0 Å². The van der Waals surface area contributed by atoms with E-state index in [1.165, 1.54) is 0 Å². The highest BCUT2D eigenvalue weighted by Crippen LogP contribution is 1.93. The number of hydrogen-bond donors (Lipinski definition) is 1. The molecule has 1 N–H and O–H groups in total. The maximum absolute atomic E-state index is 10.6. The van der Waals surface area contributed by atoms with Crippen LogP contribution in [0.3, 0.4) is 0 Å². The van der Waals surface area contributed by atoms with Crippen molar-refractivity contribution in [3.8, 4) is 0 Å². The number of carbonyl (C=O) groups is 1. The van der Waals surface area contributed by atoms with Crippen LogP contribution in [0.15, 0.2) is 0 Å². The summed E-state index contributed by atoms with van der Waals surface area (Å²) in [6.45, 7) is 3.12. The minimum absolute atomic E-state index is 0.0940. The van der Waals surface area contributed by atoms with Gasteiger partial charge >= 0.3 is 5.97 Å². The molecule has 0 amide bonds. The number of nitrogens with zero attached hydrogens (tertiary/aromatic N) is 2. The zero-order valence-electron chi connectivity index (χ0n) is 9.90. The normalized spacial score (nSPS) is 11.3. The van der Waals surface area contributed by atoms with Crippen LogP contribution in [0, 0.1) is 0 Å². The molecular formula is C10H22N2O3. The minimum Gasteiger partial charge on any atom is -0.480 e. The maximum atomic E-state index is 10.6. The topological polar surface area (TPSA) is 53.0 Å². The van der Waals surface area contributed by atoms with Crippen molar-refractivity contribution in [2.24, 2.45) is 0 Å². The van der Waals surface area contributed by atoms with Crippen LogP contribution in [-0.2, 0) is 9.53 Å². The second-order valence-electron chi connectivity index (χ2n) is 3.82. The van der Waals surface area contributed by atoms with Crippen LogP contribution in [-0.4, -0.2) is 74.9 Å². The maximum Gasteiger partial charge on any atom is 0.317 e. The van der Waals surface area contributed by atoms with Gasteiger partial charge in [-0.1, -0.05) is 0 Å². The van der Waals surface area contributed by atoms with Gasteiger partial charge in [0.1, 0.15) is 0 Å². The Morgan fingerprint density at radius 3 is 2.40 bits per heavy atom.